The van der Waals surface area contributed by atoms with Crippen LogP contribution in [0.1, 0.15) is 32.3 Å². The van der Waals surface area contributed by atoms with Crippen molar-refractivity contribution in [3.63, 3.8) is 0 Å². The number of ether oxygens (including phenoxy) is 2. The summed E-state index contributed by atoms with van der Waals surface area (Å²) in [7, 11) is 1.59. The maximum Gasteiger partial charge on any atom is 0.248 e. The lowest BCUT2D eigenvalue weighted by Gasteiger charge is -2.11. The average Bonchev–Trinajstić information content (AvgIpc) is 2.68. The summed E-state index contributed by atoms with van der Waals surface area (Å²) in [6.45, 7) is 4.20. The van der Waals surface area contributed by atoms with Crippen molar-refractivity contribution in [1.29, 1.82) is 0 Å². The van der Waals surface area contributed by atoms with Crippen molar-refractivity contribution in [2.45, 2.75) is 26.7 Å². The van der Waals surface area contributed by atoms with Crippen LogP contribution in [-0.4, -0.2) is 25.5 Å². The van der Waals surface area contributed by atoms with Crippen LogP contribution in [-0.2, 0) is 9.59 Å². The number of nitrogens with one attached hydrogen (secondary N) is 2. The summed E-state index contributed by atoms with van der Waals surface area (Å²) in [6.07, 6.45) is 5.21. The second-order valence-corrected chi connectivity index (χ2v) is 6.19. The Kier molecular flexibility index (Phi) is 8.09. The van der Waals surface area contributed by atoms with E-state index in [4.69, 9.17) is 9.47 Å². The molecule has 6 nitrogen and oxygen atoms in total. The molecule has 0 atom stereocenters. The quantitative estimate of drug-likeness (QED) is 0.495. The first kappa shape index (κ1) is 21.0. The van der Waals surface area contributed by atoms with Crippen LogP contribution in [0.15, 0.2) is 48.5 Å². The molecule has 0 fully saturated rings. The third-order valence-electron chi connectivity index (χ3n) is 3.84. The molecule has 2 N–H and O–H groups in total. The van der Waals surface area contributed by atoms with Gasteiger partial charge >= 0.3 is 0 Å². The van der Waals surface area contributed by atoms with E-state index in [1.165, 1.54) is 13.0 Å². The van der Waals surface area contributed by atoms with Crippen molar-refractivity contribution in [3.8, 4) is 11.5 Å². The summed E-state index contributed by atoms with van der Waals surface area (Å²) in [4.78, 5) is 23.1. The van der Waals surface area contributed by atoms with Gasteiger partial charge in [0.15, 0.2) is 11.5 Å². The van der Waals surface area contributed by atoms with Crippen molar-refractivity contribution in [1.82, 2.24) is 0 Å². The topological polar surface area (TPSA) is 76.7 Å². The predicted molar refractivity (Wildman–Crippen MR) is 112 cm³/mol. The number of hydrogen-bond donors (Lipinski definition) is 2. The van der Waals surface area contributed by atoms with Crippen LogP contribution in [0.4, 0.5) is 11.4 Å². The number of rotatable bonds is 9. The molecule has 0 aromatic heterocycles. The maximum atomic E-state index is 12.1. The number of unbranched alkanes of at least 4 members (excludes halogenated alkanes) is 1. The minimum atomic E-state index is -0.255. The van der Waals surface area contributed by atoms with E-state index in [1.807, 2.05) is 18.2 Å². The summed E-state index contributed by atoms with van der Waals surface area (Å²) in [5.41, 5.74) is 2.14. The van der Waals surface area contributed by atoms with Gasteiger partial charge in [-0.2, -0.15) is 0 Å². The monoisotopic (exact) mass is 382 g/mol. The van der Waals surface area contributed by atoms with E-state index in [9.17, 15) is 9.59 Å². The van der Waals surface area contributed by atoms with E-state index >= 15 is 0 Å². The summed E-state index contributed by atoms with van der Waals surface area (Å²) >= 11 is 0. The zero-order valence-electron chi connectivity index (χ0n) is 16.5. The molecular formula is C22H26N2O4. The lowest BCUT2D eigenvalue weighted by Crippen LogP contribution is -2.08. The first-order valence-electron chi connectivity index (χ1n) is 9.19. The second kappa shape index (κ2) is 10.8. The Morgan fingerprint density at radius 3 is 2.29 bits per heavy atom. The Hall–Kier alpha value is -3.28. The number of methoxy groups -OCH3 is 1. The molecule has 2 aromatic carbocycles. The predicted octanol–water partition coefficient (Wildman–Crippen LogP) is 4.48. The van der Waals surface area contributed by atoms with Crippen LogP contribution >= 0.6 is 0 Å². The van der Waals surface area contributed by atoms with E-state index in [1.54, 1.807) is 37.5 Å². The summed E-state index contributed by atoms with van der Waals surface area (Å²) in [5, 5.41) is 5.45. The van der Waals surface area contributed by atoms with Gasteiger partial charge in [-0.1, -0.05) is 19.4 Å². The van der Waals surface area contributed by atoms with Gasteiger partial charge in [-0.3, -0.25) is 9.59 Å². The number of benzene rings is 2. The zero-order valence-corrected chi connectivity index (χ0v) is 16.5. The van der Waals surface area contributed by atoms with Crippen molar-refractivity contribution < 1.29 is 19.1 Å². The molecule has 0 aliphatic carbocycles. The second-order valence-electron chi connectivity index (χ2n) is 6.19. The van der Waals surface area contributed by atoms with Crippen LogP contribution in [0.2, 0.25) is 0 Å². The Morgan fingerprint density at radius 1 is 1.00 bits per heavy atom. The SMILES string of the molecule is CCCCOc1ccc(/C=C/C(=O)Nc2ccc(NC(C)=O)cc2)cc1OC. The summed E-state index contributed by atoms with van der Waals surface area (Å²) < 4.78 is 11.1. The van der Waals surface area contributed by atoms with E-state index in [0.29, 0.717) is 29.5 Å². The highest BCUT2D eigenvalue weighted by molar-refractivity contribution is 6.02. The molecule has 28 heavy (non-hydrogen) atoms. The van der Waals surface area contributed by atoms with Crippen LogP contribution < -0.4 is 20.1 Å². The number of carbonyl (C=O) groups is 2. The lowest BCUT2D eigenvalue weighted by molar-refractivity contribution is -0.114. The van der Waals surface area contributed by atoms with E-state index in [-0.39, 0.29) is 11.8 Å². The van der Waals surface area contributed by atoms with E-state index < -0.39 is 0 Å². The van der Waals surface area contributed by atoms with Gasteiger partial charge in [0.25, 0.3) is 0 Å². The summed E-state index contributed by atoms with van der Waals surface area (Å²) in [6, 6.07) is 12.4. The van der Waals surface area contributed by atoms with Crippen LogP contribution in [0, 0.1) is 0 Å². The Labute approximate surface area is 165 Å². The number of amides is 2. The third-order valence-corrected chi connectivity index (χ3v) is 3.84. The first-order valence-corrected chi connectivity index (χ1v) is 9.19. The van der Waals surface area contributed by atoms with Crippen molar-refractivity contribution >= 4 is 29.3 Å². The lowest BCUT2D eigenvalue weighted by atomic mass is 10.2. The van der Waals surface area contributed by atoms with Crippen LogP contribution in [0.5, 0.6) is 11.5 Å². The van der Waals surface area contributed by atoms with Crippen molar-refractivity contribution in [2.75, 3.05) is 24.4 Å². The minimum Gasteiger partial charge on any atom is -0.493 e. The zero-order chi connectivity index (χ0) is 20.4. The van der Waals surface area contributed by atoms with Crippen molar-refractivity contribution in [3.05, 3.63) is 54.1 Å². The fourth-order valence-corrected chi connectivity index (χ4v) is 2.43. The molecule has 0 radical (unpaired) electrons. The van der Waals surface area contributed by atoms with Gasteiger partial charge in [-0.25, -0.2) is 0 Å². The van der Waals surface area contributed by atoms with Gasteiger partial charge in [0.05, 0.1) is 13.7 Å². The van der Waals surface area contributed by atoms with Crippen LogP contribution in [0.3, 0.4) is 0 Å². The molecular weight excluding hydrogens is 356 g/mol. The van der Waals surface area contributed by atoms with Gasteiger partial charge in [0, 0.05) is 24.4 Å². The smallest absolute Gasteiger partial charge is 0.248 e. The highest BCUT2D eigenvalue weighted by Gasteiger charge is 2.05. The molecule has 0 heterocycles. The standard InChI is InChI=1S/C22H26N2O4/c1-4-5-14-28-20-12-6-17(15-21(20)27-3)7-13-22(26)24-19-10-8-18(9-11-19)23-16(2)25/h6-13,15H,4-5,14H2,1-3H3,(H,23,25)(H,24,26)/b13-7+. The average molecular weight is 382 g/mol. The van der Waals surface area contributed by atoms with E-state index in [2.05, 4.69) is 17.6 Å². The van der Waals surface area contributed by atoms with Gasteiger partial charge in [-0.15, -0.1) is 0 Å². The number of hydrogen-bond acceptors (Lipinski definition) is 4. The normalized spacial score (nSPS) is 10.5. The van der Waals surface area contributed by atoms with Gasteiger partial charge in [0.1, 0.15) is 0 Å². The van der Waals surface area contributed by atoms with Gasteiger partial charge in [0.2, 0.25) is 11.8 Å². The Bertz CT molecular complexity index is 829. The molecule has 2 rings (SSSR count). The first-order chi connectivity index (χ1) is 13.5. The maximum absolute atomic E-state index is 12.1. The molecule has 0 aliphatic heterocycles. The van der Waals surface area contributed by atoms with Crippen LogP contribution in [0.25, 0.3) is 6.08 Å². The molecule has 2 aromatic rings. The fourth-order valence-electron chi connectivity index (χ4n) is 2.43. The molecule has 0 unspecified atom stereocenters. The Balaban J connectivity index is 1.96. The number of carbonyl (C=O) groups excluding carboxylic acids is 2. The minimum absolute atomic E-state index is 0.142. The fraction of sp³-hybridized carbons (Fsp3) is 0.273. The molecule has 2 amide bonds. The highest BCUT2D eigenvalue weighted by atomic mass is 16.5. The Morgan fingerprint density at radius 2 is 1.68 bits per heavy atom. The highest BCUT2D eigenvalue weighted by Crippen LogP contribution is 2.28. The molecule has 0 saturated heterocycles. The van der Waals surface area contributed by atoms with Gasteiger partial charge in [-0.05, 0) is 54.5 Å². The summed E-state index contributed by atoms with van der Waals surface area (Å²) in [5.74, 6) is 0.926. The molecule has 6 heteroatoms. The molecule has 0 saturated carbocycles. The number of anilines is 2. The molecule has 0 spiro atoms. The van der Waals surface area contributed by atoms with Crippen molar-refractivity contribution in [2.24, 2.45) is 0 Å². The third kappa shape index (κ3) is 6.79. The largest absolute Gasteiger partial charge is 0.493 e. The van der Waals surface area contributed by atoms with Gasteiger partial charge < -0.3 is 20.1 Å². The molecule has 0 aliphatic rings. The van der Waals surface area contributed by atoms with E-state index in [0.717, 1.165) is 18.4 Å². The molecule has 148 valence electrons. The molecule has 0 bridgehead atoms.